The molecule has 0 aromatic heterocycles. The fourth-order valence-corrected chi connectivity index (χ4v) is 4.99. The van der Waals surface area contributed by atoms with Gasteiger partial charge >= 0.3 is 0 Å². The van der Waals surface area contributed by atoms with E-state index in [1.807, 2.05) is 0 Å². The highest BCUT2D eigenvalue weighted by atomic mass is 31.1. The summed E-state index contributed by atoms with van der Waals surface area (Å²) in [6, 6.07) is 0. The lowest BCUT2D eigenvalue weighted by Gasteiger charge is -2.42. The van der Waals surface area contributed by atoms with E-state index in [2.05, 4.69) is 38.2 Å². The standard InChI is InChI=1S/C14H23P/c1-12(2)14(10-6-3-7-11-14)15-13-8-4-5-9-13/h4-5,8-9,12-13,15H,3,6-7,10-11H2,1-2H3. The molecule has 0 amide bonds. The molecule has 1 fully saturated rings. The molecule has 0 radical (unpaired) electrons. The Morgan fingerprint density at radius 1 is 1.07 bits per heavy atom. The van der Waals surface area contributed by atoms with Gasteiger partial charge in [-0.05, 0) is 23.9 Å². The Balaban J connectivity index is 2.04. The Morgan fingerprint density at radius 3 is 2.20 bits per heavy atom. The first kappa shape index (κ1) is 11.4. The molecule has 0 nitrogen and oxygen atoms in total. The van der Waals surface area contributed by atoms with Gasteiger partial charge in [0.2, 0.25) is 0 Å². The van der Waals surface area contributed by atoms with E-state index in [-0.39, 0.29) is 0 Å². The second kappa shape index (κ2) is 4.83. The predicted octanol–water partition coefficient (Wildman–Crippen LogP) is 4.52. The molecule has 0 heterocycles. The van der Waals surface area contributed by atoms with Crippen LogP contribution in [0.4, 0.5) is 0 Å². The van der Waals surface area contributed by atoms with Crippen molar-refractivity contribution >= 4 is 8.58 Å². The molecular weight excluding hydrogens is 199 g/mol. The van der Waals surface area contributed by atoms with Crippen molar-refractivity contribution in [2.75, 3.05) is 0 Å². The lowest BCUT2D eigenvalue weighted by Crippen LogP contribution is -2.33. The van der Waals surface area contributed by atoms with Crippen LogP contribution in [0.25, 0.3) is 0 Å². The quantitative estimate of drug-likeness (QED) is 0.616. The molecule has 0 saturated heterocycles. The van der Waals surface area contributed by atoms with Crippen LogP contribution in [-0.2, 0) is 0 Å². The third-order valence-corrected chi connectivity index (χ3v) is 6.42. The smallest absolute Gasteiger partial charge is 0.0133 e. The Bertz CT molecular complexity index is 245. The molecular formula is C14H23P. The van der Waals surface area contributed by atoms with E-state index in [0.29, 0.717) is 5.16 Å². The molecule has 1 saturated carbocycles. The lowest BCUT2D eigenvalue weighted by molar-refractivity contribution is 0.315. The normalized spacial score (nSPS) is 26.1. The van der Waals surface area contributed by atoms with Gasteiger partial charge in [0.15, 0.2) is 0 Å². The summed E-state index contributed by atoms with van der Waals surface area (Å²) in [4.78, 5) is 0. The van der Waals surface area contributed by atoms with Gasteiger partial charge in [-0.3, -0.25) is 0 Å². The van der Waals surface area contributed by atoms with Crippen LogP contribution in [0.3, 0.4) is 0 Å². The summed E-state index contributed by atoms with van der Waals surface area (Å²) in [5.74, 6) is 0.860. The number of hydrogen-bond donors (Lipinski definition) is 0. The Labute approximate surface area is 96.0 Å². The van der Waals surface area contributed by atoms with Gasteiger partial charge in [-0.15, -0.1) is 8.58 Å². The molecule has 84 valence electrons. The average molecular weight is 222 g/mol. The lowest BCUT2D eigenvalue weighted by atomic mass is 9.80. The Hall–Kier alpha value is -0.0900. The summed E-state index contributed by atoms with van der Waals surface area (Å²) in [5.41, 5.74) is 0.755. The molecule has 2 aliphatic rings. The van der Waals surface area contributed by atoms with E-state index in [4.69, 9.17) is 0 Å². The highest BCUT2D eigenvalue weighted by Gasteiger charge is 2.36. The molecule has 0 aliphatic heterocycles. The molecule has 1 unspecified atom stereocenters. The zero-order chi connectivity index (χ0) is 10.7. The highest BCUT2D eigenvalue weighted by molar-refractivity contribution is 7.41. The van der Waals surface area contributed by atoms with Crippen LogP contribution in [0.2, 0.25) is 0 Å². The summed E-state index contributed by atoms with van der Waals surface area (Å²) < 4.78 is 0. The third-order valence-electron chi connectivity index (χ3n) is 4.05. The molecule has 1 heteroatoms. The molecule has 0 bridgehead atoms. The van der Waals surface area contributed by atoms with Gasteiger partial charge in [0.1, 0.15) is 0 Å². The second-order valence-electron chi connectivity index (χ2n) is 5.31. The van der Waals surface area contributed by atoms with Crippen molar-refractivity contribution in [3.8, 4) is 0 Å². The van der Waals surface area contributed by atoms with Gasteiger partial charge in [0.05, 0.1) is 0 Å². The Kier molecular flexibility index (Phi) is 3.67. The van der Waals surface area contributed by atoms with Gasteiger partial charge in [-0.2, -0.15) is 0 Å². The summed E-state index contributed by atoms with van der Waals surface area (Å²) in [6.45, 7) is 4.86. The fourth-order valence-electron chi connectivity index (χ4n) is 2.93. The fraction of sp³-hybridized carbons (Fsp3) is 0.714. The number of allylic oxidation sites excluding steroid dienone is 4. The molecule has 0 spiro atoms. The van der Waals surface area contributed by atoms with Crippen LogP contribution in [0.1, 0.15) is 46.0 Å². The van der Waals surface area contributed by atoms with Crippen LogP contribution in [0.15, 0.2) is 24.3 Å². The first-order chi connectivity index (χ1) is 7.23. The van der Waals surface area contributed by atoms with Crippen LogP contribution >= 0.6 is 8.58 Å². The van der Waals surface area contributed by atoms with Crippen molar-refractivity contribution in [3.05, 3.63) is 24.3 Å². The molecule has 0 N–H and O–H groups in total. The minimum Gasteiger partial charge on any atom is -0.104 e. The van der Waals surface area contributed by atoms with Crippen LogP contribution in [0.5, 0.6) is 0 Å². The maximum atomic E-state index is 2.43. The van der Waals surface area contributed by atoms with Crippen LogP contribution in [-0.4, -0.2) is 10.8 Å². The second-order valence-corrected chi connectivity index (χ2v) is 7.26. The predicted molar refractivity (Wildman–Crippen MR) is 71.0 cm³/mol. The summed E-state index contributed by atoms with van der Waals surface area (Å²) in [5, 5.41) is 0.669. The van der Waals surface area contributed by atoms with Gasteiger partial charge in [0.25, 0.3) is 0 Å². The first-order valence-corrected chi connectivity index (χ1v) is 7.43. The first-order valence-electron chi connectivity index (χ1n) is 6.36. The Morgan fingerprint density at radius 2 is 1.67 bits per heavy atom. The van der Waals surface area contributed by atoms with Crippen molar-refractivity contribution in [3.63, 3.8) is 0 Å². The average Bonchev–Trinajstić information content (AvgIpc) is 2.71. The SMILES string of the molecule is CC(C)C1(PC2C=CC=C2)CCCCC1. The zero-order valence-corrected chi connectivity index (χ0v) is 11.0. The topological polar surface area (TPSA) is 0 Å². The molecule has 1 atom stereocenters. The van der Waals surface area contributed by atoms with Crippen molar-refractivity contribution in [1.29, 1.82) is 0 Å². The summed E-state index contributed by atoms with van der Waals surface area (Å²) in [6.07, 6.45) is 16.5. The van der Waals surface area contributed by atoms with E-state index >= 15 is 0 Å². The van der Waals surface area contributed by atoms with Gasteiger partial charge < -0.3 is 0 Å². The highest BCUT2D eigenvalue weighted by Crippen LogP contribution is 2.52. The van der Waals surface area contributed by atoms with Crippen molar-refractivity contribution in [1.82, 2.24) is 0 Å². The molecule has 2 rings (SSSR count). The van der Waals surface area contributed by atoms with E-state index < -0.39 is 0 Å². The van der Waals surface area contributed by atoms with Crippen molar-refractivity contribution in [2.24, 2.45) is 5.92 Å². The van der Waals surface area contributed by atoms with Gasteiger partial charge in [-0.25, -0.2) is 0 Å². The van der Waals surface area contributed by atoms with Crippen molar-refractivity contribution in [2.45, 2.75) is 56.8 Å². The van der Waals surface area contributed by atoms with E-state index in [1.165, 1.54) is 32.1 Å². The van der Waals surface area contributed by atoms with E-state index in [1.54, 1.807) is 0 Å². The zero-order valence-electron chi connectivity index (χ0n) is 10.00. The molecule has 15 heavy (non-hydrogen) atoms. The van der Waals surface area contributed by atoms with Gasteiger partial charge in [-0.1, -0.05) is 57.4 Å². The molecule has 0 aromatic carbocycles. The van der Waals surface area contributed by atoms with Crippen LogP contribution in [0, 0.1) is 5.92 Å². The molecule has 2 aliphatic carbocycles. The maximum Gasteiger partial charge on any atom is 0.0133 e. The minimum absolute atomic E-state index is 0.669. The van der Waals surface area contributed by atoms with Crippen molar-refractivity contribution < 1.29 is 0 Å². The summed E-state index contributed by atoms with van der Waals surface area (Å²) >= 11 is 0. The maximum absolute atomic E-state index is 2.43. The monoisotopic (exact) mass is 222 g/mol. The molecule has 0 aromatic rings. The van der Waals surface area contributed by atoms with E-state index in [9.17, 15) is 0 Å². The summed E-state index contributed by atoms with van der Waals surface area (Å²) in [7, 11) is 1.11. The third kappa shape index (κ3) is 2.53. The largest absolute Gasteiger partial charge is 0.104 e. The van der Waals surface area contributed by atoms with E-state index in [0.717, 1.165) is 20.2 Å². The number of rotatable bonds is 3. The van der Waals surface area contributed by atoms with Crippen LogP contribution < -0.4 is 0 Å². The minimum atomic E-state index is 0.669. The number of hydrogen-bond acceptors (Lipinski definition) is 0. The van der Waals surface area contributed by atoms with Gasteiger partial charge in [0, 0.05) is 5.66 Å².